The van der Waals surface area contributed by atoms with Crippen LogP contribution in [0.4, 0.5) is 0 Å². The van der Waals surface area contributed by atoms with Crippen molar-refractivity contribution in [1.29, 1.82) is 0 Å². The summed E-state index contributed by atoms with van der Waals surface area (Å²) >= 11 is 0. The molecule has 16 heavy (non-hydrogen) atoms. The van der Waals surface area contributed by atoms with Crippen LogP contribution in [0.15, 0.2) is 0 Å². The first-order chi connectivity index (χ1) is 7.41. The monoisotopic (exact) mass is 293 g/mol. The van der Waals surface area contributed by atoms with Gasteiger partial charge in [-0.3, -0.25) is 0 Å². The van der Waals surface area contributed by atoms with Crippen molar-refractivity contribution in [2.75, 3.05) is 6.61 Å². The average molecular weight is 294 g/mol. The van der Waals surface area contributed by atoms with E-state index in [1.54, 1.807) is 0 Å². The third-order valence-electron chi connectivity index (χ3n) is 3.01. The van der Waals surface area contributed by atoms with E-state index in [0.29, 0.717) is 6.61 Å². The molecule has 0 aliphatic rings. The quantitative estimate of drug-likeness (QED) is 0.543. The molecule has 0 spiro atoms. The molecule has 0 fully saturated rings. The van der Waals surface area contributed by atoms with Gasteiger partial charge in [-0.05, 0) is 6.42 Å². The van der Waals surface area contributed by atoms with Crippen LogP contribution in [0.2, 0.25) is 0 Å². The molecule has 0 amide bonds. The van der Waals surface area contributed by atoms with E-state index in [2.05, 4.69) is 6.92 Å². The maximum Gasteiger partial charge on any atom is 0.0431 e. The summed E-state index contributed by atoms with van der Waals surface area (Å²) in [6.45, 7) is 2.64. The second-order valence-electron chi connectivity index (χ2n) is 4.61. The highest BCUT2D eigenvalue weighted by atomic mass is 79.9. The van der Waals surface area contributed by atoms with Crippen LogP contribution in [-0.4, -0.2) is 11.7 Å². The highest BCUT2D eigenvalue weighted by molar-refractivity contribution is 4.47. The number of aliphatic hydroxyl groups excluding tert-OH is 1. The molecule has 0 heterocycles. The van der Waals surface area contributed by atoms with Gasteiger partial charge in [0.05, 0.1) is 0 Å². The van der Waals surface area contributed by atoms with E-state index in [1.165, 1.54) is 70.6 Å². The van der Waals surface area contributed by atoms with Gasteiger partial charge in [0.25, 0.3) is 0 Å². The minimum atomic E-state index is 0. The van der Waals surface area contributed by atoms with Crippen LogP contribution in [0.1, 0.15) is 84.0 Å². The SMILES string of the molecule is CCCCCCCCCCCCCCO.[Br-]. The molecule has 0 aliphatic heterocycles. The Morgan fingerprint density at radius 3 is 1.19 bits per heavy atom. The highest BCUT2D eigenvalue weighted by Gasteiger charge is 1.92. The minimum Gasteiger partial charge on any atom is -1.00 e. The average Bonchev–Trinajstić information content (AvgIpc) is 2.26. The first-order valence-corrected chi connectivity index (χ1v) is 7.02. The smallest absolute Gasteiger partial charge is 0.0431 e. The molecule has 0 saturated heterocycles. The number of hydrogen-bond acceptors (Lipinski definition) is 1. The Balaban J connectivity index is 0. The van der Waals surface area contributed by atoms with Crippen LogP contribution < -0.4 is 17.0 Å². The van der Waals surface area contributed by atoms with E-state index in [1.807, 2.05) is 0 Å². The van der Waals surface area contributed by atoms with Crippen molar-refractivity contribution >= 4 is 0 Å². The summed E-state index contributed by atoms with van der Waals surface area (Å²) in [4.78, 5) is 0. The molecule has 1 N–H and O–H groups in total. The lowest BCUT2D eigenvalue weighted by Gasteiger charge is -2.01. The fraction of sp³-hybridized carbons (Fsp3) is 1.00. The van der Waals surface area contributed by atoms with Crippen molar-refractivity contribution in [1.82, 2.24) is 0 Å². The van der Waals surface area contributed by atoms with Gasteiger partial charge >= 0.3 is 0 Å². The lowest BCUT2D eigenvalue weighted by molar-refractivity contribution is -0.00000452. The highest BCUT2D eigenvalue weighted by Crippen LogP contribution is 2.11. The molecular weight excluding hydrogens is 264 g/mol. The Kier molecular flexibility index (Phi) is 20.9. The number of hydrogen-bond donors (Lipinski definition) is 1. The standard InChI is InChI=1S/C14H30O.BrH/c1-2-3-4-5-6-7-8-9-10-11-12-13-14-15;/h15H,2-14H2,1H3;1H/p-1. The van der Waals surface area contributed by atoms with Crippen LogP contribution in [0.5, 0.6) is 0 Å². The molecule has 0 aliphatic carbocycles. The summed E-state index contributed by atoms with van der Waals surface area (Å²) in [7, 11) is 0. The van der Waals surface area contributed by atoms with Gasteiger partial charge in [0.2, 0.25) is 0 Å². The van der Waals surface area contributed by atoms with Gasteiger partial charge in [0.1, 0.15) is 0 Å². The van der Waals surface area contributed by atoms with Crippen molar-refractivity contribution < 1.29 is 22.1 Å². The second-order valence-corrected chi connectivity index (χ2v) is 4.61. The number of unbranched alkanes of at least 4 members (excludes halogenated alkanes) is 11. The molecule has 0 unspecified atom stereocenters. The van der Waals surface area contributed by atoms with Gasteiger partial charge in [-0.25, -0.2) is 0 Å². The zero-order chi connectivity index (χ0) is 11.2. The Morgan fingerprint density at radius 1 is 0.562 bits per heavy atom. The van der Waals surface area contributed by atoms with Gasteiger partial charge < -0.3 is 22.1 Å². The minimum absolute atomic E-state index is 0. The molecule has 0 saturated carbocycles. The Labute approximate surface area is 113 Å². The van der Waals surface area contributed by atoms with E-state index < -0.39 is 0 Å². The molecule has 0 atom stereocenters. The molecule has 1 nitrogen and oxygen atoms in total. The lowest BCUT2D eigenvalue weighted by atomic mass is 10.1. The summed E-state index contributed by atoms with van der Waals surface area (Å²) in [5.74, 6) is 0. The van der Waals surface area contributed by atoms with Crippen LogP contribution >= 0.6 is 0 Å². The Bertz CT molecular complexity index is 94.9. The predicted octanol–water partition coefficient (Wildman–Crippen LogP) is 1.68. The van der Waals surface area contributed by atoms with Crippen LogP contribution in [0, 0.1) is 0 Å². The van der Waals surface area contributed by atoms with Crippen LogP contribution in [-0.2, 0) is 0 Å². The second kappa shape index (κ2) is 17.8. The van der Waals surface area contributed by atoms with E-state index in [9.17, 15) is 0 Å². The molecule has 100 valence electrons. The maximum atomic E-state index is 8.61. The van der Waals surface area contributed by atoms with Gasteiger partial charge in [-0.15, -0.1) is 0 Å². The molecular formula is C14H30BrO-. The van der Waals surface area contributed by atoms with E-state index in [-0.39, 0.29) is 17.0 Å². The normalized spacial score (nSPS) is 10.1. The fourth-order valence-corrected chi connectivity index (χ4v) is 1.95. The molecule has 0 aromatic carbocycles. The third kappa shape index (κ3) is 16.9. The molecule has 0 radical (unpaired) electrons. The topological polar surface area (TPSA) is 20.2 Å². The Hall–Kier alpha value is 0.440. The van der Waals surface area contributed by atoms with Crippen LogP contribution in [0.25, 0.3) is 0 Å². The van der Waals surface area contributed by atoms with Gasteiger partial charge in [0, 0.05) is 6.61 Å². The van der Waals surface area contributed by atoms with Crippen molar-refractivity contribution in [2.45, 2.75) is 84.0 Å². The van der Waals surface area contributed by atoms with E-state index in [4.69, 9.17) is 5.11 Å². The molecule has 0 bridgehead atoms. The molecule has 2 heteroatoms. The predicted molar refractivity (Wildman–Crippen MR) is 68.2 cm³/mol. The molecule has 0 aromatic rings. The van der Waals surface area contributed by atoms with Gasteiger partial charge in [0.15, 0.2) is 0 Å². The first kappa shape index (κ1) is 18.8. The number of rotatable bonds is 12. The number of halogens is 1. The summed E-state index contributed by atoms with van der Waals surface area (Å²) < 4.78 is 0. The number of aliphatic hydroxyl groups is 1. The summed E-state index contributed by atoms with van der Waals surface area (Å²) in [6.07, 6.45) is 16.2. The van der Waals surface area contributed by atoms with E-state index >= 15 is 0 Å². The van der Waals surface area contributed by atoms with Gasteiger partial charge in [-0.2, -0.15) is 0 Å². The summed E-state index contributed by atoms with van der Waals surface area (Å²) in [5, 5.41) is 8.61. The van der Waals surface area contributed by atoms with Crippen molar-refractivity contribution in [2.24, 2.45) is 0 Å². The largest absolute Gasteiger partial charge is 1.00 e. The van der Waals surface area contributed by atoms with Crippen molar-refractivity contribution in [3.63, 3.8) is 0 Å². The Morgan fingerprint density at radius 2 is 0.875 bits per heavy atom. The fourth-order valence-electron chi connectivity index (χ4n) is 1.95. The zero-order valence-corrected chi connectivity index (χ0v) is 12.6. The summed E-state index contributed by atoms with van der Waals surface area (Å²) in [6, 6.07) is 0. The third-order valence-corrected chi connectivity index (χ3v) is 3.01. The zero-order valence-electron chi connectivity index (χ0n) is 11.0. The van der Waals surface area contributed by atoms with E-state index in [0.717, 1.165) is 6.42 Å². The maximum absolute atomic E-state index is 8.61. The summed E-state index contributed by atoms with van der Waals surface area (Å²) in [5.41, 5.74) is 0. The first-order valence-electron chi connectivity index (χ1n) is 7.02. The van der Waals surface area contributed by atoms with Crippen molar-refractivity contribution in [3.05, 3.63) is 0 Å². The van der Waals surface area contributed by atoms with Gasteiger partial charge in [-0.1, -0.05) is 77.6 Å². The van der Waals surface area contributed by atoms with Crippen LogP contribution in [0.3, 0.4) is 0 Å². The van der Waals surface area contributed by atoms with Crippen molar-refractivity contribution in [3.8, 4) is 0 Å². The molecule has 0 rings (SSSR count). The lowest BCUT2D eigenvalue weighted by Crippen LogP contribution is -3.00. The molecule has 0 aromatic heterocycles.